The summed E-state index contributed by atoms with van der Waals surface area (Å²) in [4.78, 5) is 24.2. The van der Waals surface area contributed by atoms with E-state index in [1.54, 1.807) is 6.08 Å². The Morgan fingerprint density at radius 2 is 1.61 bits per heavy atom. The van der Waals surface area contributed by atoms with Crippen molar-refractivity contribution in [2.45, 2.75) is 13.3 Å². The molecular weight excluding hydrogens is 390 g/mol. The predicted octanol–water partition coefficient (Wildman–Crippen LogP) is 4.87. The van der Waals surface area contributed by atoms with Gasteiger partial charge in [-0.1, -0.05) is 60.7 Å². The molecule has 0 aliphatic rings. The monoisotopic (exact) mass is 415 g/mol. The molecule has 0 spiro atoms. The number of hydrogen-bond donors (Lipinski definition) is 1. The van der Waals surface area contributed by atoms with E-state index in [1.165, 1.54) is 6.08 Å². The number of hydrogen-bond acceptors (Lipinski definition) is 4. The number of nitrogens with one attached hydrogen (secondary N) is 1. The standard InChI is InChI=1S/C26H25NO4/c1-2-30-23-15-12-20(13-16-23)14-17-26(29)31-19-25(28)27-24-11-7-6-10-22(24)18-21-8-4-3-5-9-21/h3-17H,2,18-19H2,1H3,(H,27,28)/b17-14+. The number of rotatable bonds is 9. The molecule has 3 aromatic rings. The molecule has 3 aromatic carbocycles. The minimum atomic E-state index is -0.582. The minimum Gasteiger partial charge on any atom is -0.494 e. The third kappa shape index (κ3) is 7.16. The lowest BCUT2D eigenvalue weighted by Gasteiger charge is -2.11. The molecule has 0 bridgehead atoms. The van der Waals surface area contributed by atoms with Gasteiger partial charge in [-0.05, 0) is 54.3 Å². The third-order valence-electron chi connectivity index (χ3n) is 4.48. The van der Waals surface area contributed by atoms with Gasteiger partial charge in [0.05, 0.1) is 6.61 Å². The van der Waals surface area contributed by atoms with Crippen LogP contribution in [-0.2, 0) is 20.7 Å². The number of benzene rings is 3. The Hall–Kier alpha value is -3.86. The largest absolute Gasteiger partial charge is 0.494 e. The van der Waals surface area contributed by atoms with Crippen LogP contribution in [0.15, 0.2) is 84.9 Å². The van der Waals surface area contributed by atoms with Crippen LogP contribution in [0, 0.1) is 0 Å². The first-order chi connectivity index (χ1) is 15.1. The Labute approximate surface area is 182 Å². The van der Waals surface area contributed by atoms with Crippen LogP contribution in [0.4, 0.5) is 5.69 Å². The van der Waals surface area contributed by atoms with Gasteiger partial charge >= 0.3 is 5.97 Å². The molecule has 0 fully saturated rings. The Morgan fingerprint density at radius 1 is 0.903 bits per heavy atom. The van der Waals surface area contributed by atoms with Crippen molar-refractivity contribution < 1.29 is 19.1 Å². The lowest BCUT2D eigenvalue weighted by atomic mass is 10.0. The second-order valence-corrected chi connectivity index (χ2v) is 6.81. The van der Waals surface area contributed by atoms with E-state index in [-0.39, 0.29) is 12.5 Å². The van der Waals surface area contributed by atoms with Crippen LogP contribution in [-0.4, -0.2) is 25.1 Å². The van der Waals surface area contributed by atoms with E-state index in [0.717, 1.165) is 22.4 Å². The first kappa shape index (κ1) is 21.8. The number of carbonyl (C=O) groups excluding carboxylic acids is 2. The van der Waals surface area contributed by atoms with Crippen molar-refractivity contribution in [1.82, 2.24) is 0 Å². The van der Waals surface area contributed by atoms with Crippen molar-refractivity contribution in [3.05, 3.63) is 102 Å². The molecule has 1 N–H and O–H groups in total. The normalized spacial score (nSPS) is 10.6. The highest BCUT2D eigenvalue weighted by molar-refractivity contribution is 5.95. The number of esters is 1. The Bertz CT molecular complexity index is 1030. The van der Waals surface area contributed by atoms with E-state index < -0.39 is 5.97 Å². The van der Waals surface area contributed by atoms with Gasteiger partial charge in [0, 0.05) is 11.8 Å². The summed E-state index contributed by atoms with van der Waals surface area (Å²) in [7, 11) is 0. The molecule has 31 heavy (non-hydrogen) atoms. The Balaban J connectivity index is 1.50. The van der Waals surface area contributed by atoms with Gasteiger partial charge in [-0.3, -0.25) is 4.79 Å². The highest BCUT2D eigenvalue weighted by atomic mass is 16.5. The zero-order chi connectivity index (χ0) is 21.9. The topological polar surface area (TPSA) is 64.6 Å². The van der Waals surface area contributed by atoms with Gasteiger partial charge in [0.2, 0.25) is 0 Å². The summed E-state index contributed by atoms with van der Waals surface area (Å²) >= 11 is 0. The van der Waals surface area contributed by atoms with Gasteiger partial charge in [0.1, 0.15) is 5.75 Å². The van der Waals surface area contributed by atoms with Crippen LogP contribution in [0.3, 0.4) is 0 Å². The average molecular weight is 415 g/mol. The summed E-state index contributed by atoms with van der Waals surface area (Å²) in [5.74, 6) is -0.198. The number of anilines is 1. The lowest BCUT2D eigenvalue weighted by Crippen LogP contribution is -2.20. The van der Waals surface area contributed by atoms with E-state index in [9.17, 15) is 9.59 Å². The summed E-state index contributed by atoms with van der Waals surface area (Å²) in [5, 5.41) is 2.82. The smallest absolute Gasteiger partial charge is 0.331 e. The van der Waals surface area contributed by atoms with Gasteiger partial charge in [0.15, 0.2) is 6.61 Å². The quantitative estimate of drug-likeness (QED) is 0.400. The van der Waals surface area contributed by atoms with E-state index in [4.69, 9.17) is 9.47 Å². The summed E-state index contributed by atoms with van der Waals surface area (Å²) < 4.78 is 10.4. The van der Waals surface area contributed by atoms with Crippen molar-refractivity contribution in [2.75, 3.05) is 18.5 Å². The summed E-state index contributed by atoms with van der Waals surface area (Å²) in [6, 6.07) is 24.9. The molecule has 0 saturated carbocycles. The van der Waals surface area contributed by atoms with E-state index in [0.29, 0.717) is 18.7 Å². The van der Waals surface area contributed by atoms with Crippen molar-refractivity contribution in [3.63, 3.8) is 0 Å². The Kier molecular flexibility index (Phi) is 8.00. The molecule has 3 rings (SSSR count). The fraction of sp³-hybridized carbons (Fsp3) is 0.154. The van der Waals surface area contributed by atoms with Gasteiger partial charge < -0.3 is 14.8 Å². The van der Waals surface area contributed by atoms with Crippen LogP contribution < -0.4 is 10.1 Å². The van der Waals surface area contributed by atoms with Crippen LogP contribution in [0.1, 0.15) is 23.6 Å². The maximum absolute atomic E-state index is 12.3. The third-order valence-corrected chi connectivity index (χ3v) is 4.48. The fourth-order valence-corrected chi connectivity index (χ4v) is 2.99. The lowest BCUT2D eigenvalue weighted by molar-refractivity contribution is -0.142. The van der Waals surface area contributed by atoms with Gasteiger partial charge in [-0.15, -0.1) is 0 Å². The van der Waals surface area contributed by atoms with Crippen LogP contribution in [0.2, 0.25) is 0 Å². The molecule has 5 heteroatoms. The summed E-state index contributed by atoms with van der Waals surface area (Å²) in [6.07, 6.45) is 3.62. The molecule has 0 aliphatic heterocycles. The molecule has 158 valence electrons. The van der Waals surface area contributed by atoms with Crippen molar-refractivity contribution in [1.29, 1.82) is 0 Å². The minimum absolute atomic E-state index is 0.355. The van der Waals surface area contributed by atoms with Crippen molar-refractivity contribution in [2.24, 2.45) is 0 Å². The first-order valence-corrected chi connectivity index (χ1v) is 10.1. The molecule has 0 unspecified atom stereocenters. The van der Waals surface area contributed by atoms with Crippen molar-refractivity contribution >= 4 is 23.6 Å². The number of para-hydroxylation sites is 1. The highest BCUT2D eigenvalue weighted by Gasteiger charge is 2.09. The zero-order valence-corrected chi connectivity index (χ0v) is 17.4. The first-order valence-electron chi connectivity index (χ1n) is 10.1. The van der Waals surface area contributed by atoms with Crippen molar-refractivity contribution in [3.8, 4) is 5.75 Å². The van der Waals surface area contributed by atoms with Crippen LogP contribution in [0.25, 0.3) is 6.08 Å². The second kappa shape index (κ2) is 11.4. The Morgan fingerprint density at radius 3 is 2.35 bits per heavy atom. The molecule has 0 heterocycles. The van der Waals surface area contributed by atoms with Gasteiger partial charge in [-0.2, -0.15) is 0 Å². The second-order valence-electron chi connectivity index (χ2n) is 6.81. The fourth-order valence-electron chi connectivity index (χ4n) is 2.99. The zero-order valence-electron chi connectivity index (χ0n) is 17.4. The predicted molar refractivity (Wildman–Crippen MR) is 122 cm³/mol. The number of carbonyl (C=O) groups is 2. The maximum atomic E-state index is 12.3. The van der Waals surface area contributed by atoms with E-state index in [2.05, 4.69) is 5.32 Å². The number of amides is 1. The molecule has 0 radical (unpaired) electrons. The maximum Gasteiger partial charge on any atom is 0.331 e. The van der Waals surface area contributed by atoms with Crippen LogP contribution in [0.5, 0.6) is 5.75 Å². The molecule has 0 aliphatic carbocycles. The SMILES string of the molecule is CCOc1ccc(/C=C/C(=O)OCC(=O)Nc2ccccc2Cc2ccccc2)cc1. The average Bonchev–Trinajstić information content (AvgIpc) is 2.79. The number of ether oxygens (including phenoxy) is 2. The molecule has 0 aromatic heterocycles. The molecule has 0 atom stereocenters. The summed E-state index contributed by atoms with van der Waals surface area (Å²) in [5.41, 5.74) is 3.68. The summed E-state index contributed by atoms with van der Waals surface area (Å²) in [6.45, 7) is 2.16. The molecule has 5 nitrogen and oxygen atoms in total. The van der Waals surface area contributed by atoms with E-state index in [1.807, 2.05) is 85.8 Å². The molecular formula is C26H25NO4. The van der Waals surface area contributed by atoms with E-state index >= 15 is 0 Å². The molecule has 1 amide bonds. The van der Waals surface area contributed by atoms with Crippen LogP contribution >= 0.6 is 0 Å². The highest BCUT2D eigenvalue weighted by Crippen LogP contribution is 2.19. The van der Waals surface area contributed by atoms with Gasteiger partial charge in [0.25, 0.3) is 5.91 Å². The van der Waals surface area contributed by atoms with Gasteiger partial charge in [-0.25, -0.2) is 4.79 Å². The molecule has 0 saturated heterocycles.